The van der Waals surface area contributed by atoms with Gasteiger partial charge in [-0.05, 0) is 31.5 Å². The number of nitrogens with one attached hydrogen (secondary N) is 1. The van der Waals surface area contributed by atoms with E-state index in [-0.39, 0.29) is 18.3 Å². The van der Waals surface area contributed by atoms with Gasteiger partial charge in [0, 0.05) is 0 Å². The quantitative estimate of drug-likeness (QED) is 0.382. The van der Waals surface area contributed by atoms with Gasteiger partial charge in [0.1, 0.15) is 5.25 Å². The highest BCUT2D eigenvalue weighted by molar-refractivity contribution is 8.02. The number of esters is 1. The second-order valence-corrected chi connectivity index (χ2v) is 7.86. The van der Waals surface area contributed by atoms with Crippen LogP contribution in [0.5, 0.6) is 11.5 Å². The Hall–Kier alpha value is -2.33. The third-order valence-electron chi connectivity index (χ3n) is 3.36. The molecule has 1 amide bonds. The molecule has 1 heterocycles. The average molecular weight is 412 g/mol. The predicted molar refractivity (Wildman–Crippen MR) is 104 cm³/mol. The zero-order valence-electron chi connectivity index (χ0n) is 15.5. The summed E-state index contributed by atoms with van der Waals surface area (Å²) in [5.74, 6) is 0.624. The summed E-state index contributed by atoms with van der Waals surface area (Å²) < 4.78 is 16.0. The zero-order valence-corrected chi connectivity index (χ0v) is 17.1. The van der Waals surface area contributed by atoms with Gasteiger partial charge in [-0.25, -0.2) is 0 Å². The van der Waals surface area contributed by atoms with Crippen LogP contribution in [0, 0.1) is 0 Å². The molecule has 27 heavy (non-hydrogen) atoms. The SMILES string of the molecule is CCOC(=O)[C@H](C)Sc1nnc(NC(=O)Cc2ccc(OC)c(OC)c2)s1. The summed E-state index contributed by atoms with van der Waals surface area (Å²) in [6, 6.07) is 5.29. The Morgan fingerprint density at radius 2 is 1.96 bits per heavy atom. The van der Waals surface area contributed by atoms with Crippen LogP contribution in [0.4, 0.5) is 5.13 Å². The monoisotopic (exact) mass is 411 g/mol. The molecule has 0 bridgehead atoms. The minimum Gasteiger partial charge on any atom is -0.493 e. The molecule has 1 aromatic heterocycles. The van der Waals surface area contributed by atoms with E-state index in [1.54, 1.807) is 46.3 Å². The first kappa shape index (κ1) is 21.0. The molecule has 0 spiro atoms. The number of carbonyl (C=O) groups excluding carboxylic acids is 2. The predicted octanol–water partition coefficient (Wildman–Crippen LogP) is 2.78. The lowest BCUT2D eigenvalue weighted by molar-refractivity contribution is -0.142. The second-order valence-electron chi connectivity index (χ2n) is 5.30. The van der Waals surface area contributed by atoms with Crippen molar-refractivity contribution in [3.8, 4) is 11.5 Å². The van der Waals surface area contributed by atoms with E-state index in [1.165, 1.54) is 23.1 Å². The van der Waals surface area contributed by atoms with E-state index in [0.29, 0.717) is 27.6 Å². The third-order valence-corrected chi connectivity index (χ3v) is 5.36. The Morgan fingerprint density at radius 1 is 1.22 bits per heavy atom. The van der Waals surface area contributed by atoms with Crippen molar-refractivity contribution in [2.45, 2.75) is 29.9 Å². The van der Waals surface area contributed by atoms with Crippen LogP contribution in [0.25, 0.3) is 0 Å². The molecule has 2 rings (SSSR count). The summed E-state index contributed by atoms with van der Waals surface area (Å²) in [6.45, 7) is 3.82. The molecular formula is C17H21N3O5S2. The van der Waals surface area contributed by atoms with Crippen molar-refractivity contribution in [1.82, 2.24) is 10.2 Å². The van der Waals surface area contributed by atoms with Crippen molar-refractivity contribution in [3.63, 3.8) is 0 Å². The minimum atomic E-state index is -0.395. The average Bonchev–Trinajstić information content (AvgIpc) is 3.08. The van der Waals surface area contributed by atoms with Gasteiger partial charge in [0.05, 0.1) is 27.2 Å². The first-order chi connectivity index (χ1) is 13.0. The van der Waals surface area contributed by atoms with Gasteiger partial charge in [-0.2, -0.15) is 0 Å². The fourth-order valence-electron chi connectivity index (χ4n) is 2.11. The lowest BCUT2D eigenvalue weighted by Gasteiger charge is -2.09. The maximum absolute atomic E-state index is 12.2. The number of nitrogens with zero attached hydrogens (tertiary/aromatic N) is 2. The molecule has 0 unspecified atom stereocenters. The van der Waals surface area contributed by atoms with Crippen LogP contribution in [0.1, 0.15) is 19.4 Å². The molecule has 1 N–H and O–H groups in total. The van der Waals surface area contributed by atoms with E-state index in [2.05, 4.69) is 15.5 Å². The number of hydrogen-bond acceptors (Lipinski definition) is 9. The molecular weight excluding hydrogens is 390 g/mol. The fraction of sp³-hybridized carbons (Fsp3) is 0.412. The number of aromatic nitrogens is 2. The van der Waals surface area contributed by atoms with Crippen molar-refractivity contribution in [1.29, 1.82) is 0 Å². The highest BCUT2D eigenvalue weighted by Gasteiger charge is 2.18. The molecule has 8 nitrogen and oxygen atoms in total. The number of amides is 1. The molecule has 0 fully saturated rings. The van der Waals surface area contributed by atoms with Crippen LogP contribution in [0.3, 0.4) is 0 Å². The number of methoxy groups -OCH3 is 2. The van der Waals surface area contributed by atoms with Gasteiger partial charge in [0.25, 0.3) is 0 Å². The minimum absolute atomic E-state index is 0.154. The van der Waals surface area contributed by atoms with Crippen LogP contribution in [-0.4, -0.2) is 48.2 Å². The van der Waals surface area contributed by atoms with E-state index in [0.717, 1.165) is 5.56 Å². The number of carbonyl (C=O) groups is 2. The van der Waals surface area contributed by atoms with Crippen molar-refractivity contribution in [2.24, 2.45) is 0 Å². The molecule has 146 valence electrons. The molecule has 0 aliphatic carbocycles. The Labute approximate surface area is 165 Å². The maximum atomic E-state index is 12.2. The summed E-state index contributed by atoms with van der Waals surface area (Å²) in [5.41, 5.74) is 0.778. The first-order valence-corrected chi connectivity index (χ1v) is 9.84. The van der Waals surface area contributed by atoms with Gasteiger partial charge >= 0.3 is 5.97 Å². The highest BCUT2D eigenvalue weighted by atomic mass is 32.2. The topological polar surface area (TPSA) is 99.6 Å². The summed E-state index contributed by atoms with van der Waals surface area (Å²) in [7, 11) is 3.09. The molecule has 2 aromatic rings. The lowest BCUT2D eigenvalue weighted by atomic mass is 10.1. The fourth-order valence-corrected chi connectivity index (χ4v) is 4.02. The van der Waals surface area contributed by atoms with E-state index < -0.39 is 5.25 Å². The van der Waals surface area contributed by atoms with E-state index in [9.17, 15) is 9.59 Å². The number of thioether (sulfide) groups is 1. The number of anilines is 1. The molecule has 0 saturated carbocycles. The summed E-state index contributed by atoms with van der Waals surface area (Å²) >= 11 is 2.45. The molecule has 0 saturated heterocycles. The van der Waals surface area contributed by atoms with Crippen LogP contribution in [-0.2, 0) is 20.7 Å². The lowest BCUT2D eigenvalue weighted by Crippen LogP contribution is -2.16. The molecule has 0 radical (unpaired) electrons. The van der Waals surface area contributed by atoms with Crippen LogP contribution in [0.15, 0.2) is 22.5 Å². The second kappa shape index (κ2) is 10.1. The van der Waals surface area contributed by atoms with Crippen LogP contribution >= 0.6 is 23.1 Å². The largest absolute Gasteiger partial charge is 0.493 e. The number of rotatable bonds is 9. The molecule has 0 aliphatic rings. The van der Waals surface area contributed by atoms with Gasteiger partial charge in [-0.15, -0.1) is 10.2 Å². The smallest absolute Gasteiger partial charge is 0.319 e. The summed E-state index contributed by atoms with van der Waals surface area (Å²) in [6.07, 6.45) is 0.154. The van der Waals surface area contributed by atoms with Gasteiger partial charge in [0.15, 0.2) is 15.8 Å². The van der Waals surface area contributed by atoms with E-state index in [1.807, 2.05) is 0 Å². The van der Waals surface area contributed by atoms with Gasteiger partial charge in [-0.1, -0.05) is 29.2 Å². The Bertz CT molecular complexity index is 797. The normalized spacial score (nSPS) is 11.6. The van der Waals surface area contributed by atoms with Gasteiger partial charge in [0.2, 0.25) is 11.0 Å². The Kier molecular flexibility index (Phi) is 7.86. The summed E-state index contributed by atoms with van der Waals surface area (Å²) in [5, 5.41) is 10.6. The van der Waals surface area contributed by atoms with Crippen LogP contribution in [0.2, 0.25) is 0 Å². The van der Waals surface area contributed by atoms with E-state index >= 15 is 0 Å². The van der Waals surface area contributed by atoms with Crippen molar-refractivity contribution >= 4 is 40.1 Å². The number of ether oxygens (including phenoxy) is 3. The number of benzene rings is 1. The van der Waals surface area contributed by atoms with Crippen molar-refractivity contribution in [2.75, 3.05) is 26.1 Å². The molecule has 0 aliphatic heterocycles. The standard InChI is InChI=1S/C17H21N3O5S2/c1-5-25-15(22)10(2)26-17-20-19-16(27-17)18-14(21)9-11-6-7-12(23-3)13(8-11)24-4/h6-8,10H,5,9H2,1-4H3,(H,18,19,21)/t10-/m0/s1. The zero-order chi connectivity index (χ0) is 19.8. The van der Waals surface area contributed by atoms with Crippen molar-refractivity contribution < 1.29 is 23.8 Å². The Balaban J connectivity index is 1.93. The maximum Gasteiger partial charge on any atom is 0.319 e. The Morgan fingerprint density at radius 3 is 2.63 bits per heavy atom. The van der Waals surface area contributed by atoms with Gasteiger partial charge in [-0.3, -0.25) is 9.59 Å². The first-order valence-electron chi connectivity index (χ1n) is 8.14. The highest BCUT2D eigenvalue weighted by Crippen LogP contribution is 2.30. The molecule has 1 atom stereocenters. The third kappa shape index (κ3) is 6.10. The van der Waals surface area contributed by atoms with E-state index in [4.69, 9.17) is 14.2 Å². The molecule has 10 heteroatoms. The number of hydrogen-bond donors (Lipinski definition) is 1. The molecule has 1 aromatic carbocycles. The summed E-state index contributed by atoms with van der Waals surface area (Å²) in [4.78, 5) is 23.9. The van der Waals surface area contributed by atoms with Crippen molar-refractivity contribution in [3.05, 3.63) is 23.8 Å². The van der Waals surface area contributed by atoms with Crippen LogP contribution < -0.4 is 14.8 Å². The van der Waals surface area contributed by atoms with Gasteiger partial charge < -0.3 is 19.5 Å².